The van der Waals surface area contributed by atoms with Gasteiger partial charge in [-0.25, -0.2) is 14.8 Å². The number of aromatic nitrogens is 3. The molecule has 46 heavy (non-hydrogen) atoms. The minimum atomic E-state index is -0.655. The number of ether oxygens (including phenoxy) is 2. The molecule has 1 N–H and O–H groups in total. The molecule has 0 aliphatic carbocycles. The number of amides is 2. The summed E-state index contributed by atoms with van der Waals surface area (Å²) < 4.78 is 13.2. The van der Waals surface area contributed by atoms with Gasteiger partial charge in [-0.3, -0.25) is 4.79 Å². The highest BCUT2D eigenvalue weighted by Crippen LogP contribution is 2.31. The summed E-state index contributed by atoms with van der Waals surface area (Å²) in [5.74, 6) is 1.15. The van der Waals surface area contributed by atoms with E-state index >= 15 is 0 Å². The Morgan fingerprint density at radius 3 is 2.61 bits per heavy atom. The van der Waals surface area contributed by atoms with Crippen molar-refractivity contribution in [2.24, 2.45) is 0 Å². The molecule has 0 saturated carbocycles. The van der Waals surface area contributed by atoms with Gasteiger partial charge in [0.05, 0.1) is 11.0 Å². The van der Waals surface area contributed by atoms with E-state index in [4.69, 9.17) is 26.1 Å². The predicted molar refractivity (Wildman–Crippen MR) is 181 cm³/mol. The Hall–Kier alpha value is -3.95. The molecule has 4 aromatic rings. The molecule has 2 amide bonds. The number of para-hydroxylation sites is 2. The number of benzene rings is 2. The lowest BCUT2D eigenvalue weighted by Gasteiger charge is -2.34. The molecule has 5 rings (SSSR count). The summed E-state index contributed by atoms with van der Waals surface area (Å²) in [6.07, 6.45) is 4.49. The lowest BCUT2D eigenvalue weighted by atomic mass is 9.95. The van der Waals surface area contributed by atoms with Crippen LogP contribution >= 0.6 is 11.6 Å². The average molecular weight is 646 g/mol. The molecule has 10 heteroatoms. The summed E-state index contributed by atoms with van der Waals surface area (Å²) in [6, 6.07) is 19.5. The smallest absolute Gasteiger partial charge is 0.407 e. The number of piperidine rings is 1. The largest absolute Gasteiger partial charge is 0.444 e. The number of pyridine rings is 1. The fourth-order valence-electron chi connectivity index (χ4n) is 6.12. The number of nitrogens with one attached hydrogen (secondary N) is 1. The third-order valence-corrected chi connectivity index (χ3v) is 8.50. The number of rotatable bonds is 11. The Morgan fingerprint density at radius 2 is 1.87 bits per heavy atom. The molecule has 2 aromatic carbocycles. The molecular weight excluding hydrogens is 602 g/mol. The first-order valence-corrected chi connectivity index (χ1v) is 16.4. The normalized spacial score (nSPS) is 15.9. The van der Waals surface area contributed by atoms with Crippen LogP contribution in [0.5, 0.6) is 0 Å². The molecule has 0 radical (unpaired) electrons. The number of carbonyl (C=O) groups excluding carboxylic acids is 2. The quantitative estimate of drug-likeness (QED) is 0.139. The maximum atomic E-state index is 13.9. The van der Waals surface area contributed by atoms with Gasteiger partial charge in [0.2, 0.25) is 5.91 Å². The number of fused-ring (bicyclic) bond motifs is 1. The maximum Gasteiger partial charge on any atom is 0.407 e. The van der Waals surface area contributed by atoms with E-state index in [9.17, 15) is 9.59 Å². The van der Waals surface area contributed by atoms with Crippen LogP contribution in [0.25, 0.3) is 22.2 Å². The highest BCUT2D eigenvalue weighted by molar-refractivity contribution is 6.32. The summed E-state index contributed by atoms with van der Waals surface area (Å²) in [6.45, 7) is 8.22. The van der Waals surface area contributed by atoms with Crippen LogP contribution in [-0.4, -0.2) is 69.9 Å². The van der Waals surface area contributed by atoms with Crippen molar-refractivity contribution < 1.29 is 19.1 Å². The van der Waals surface area contributed by atoms with Crippen LogP contribution in [0.1, 0.15) is 63.8 Å². The van der Waals surface area contributed by atoms with E-state index in [0.29, 0.717) is 31.3 Å². The molecule has 9 nitrogen and oxygen atoms in total. The second kappa shape index (κ2) is 15.1. The minimum absolute atomic E-state index is 0.00608. The Bertz CT molecular complexity index is 1630. The molecule has 1 aliphatic heterocycles. The lowest BCUT2D eigenvalue weighted by molar-refractivity contribution is -0.132. The number of aryl methyl sites for hydroxylation is 1. The number of carbonyl (C=O) groups is 2. The number of hydrogen-bond donors (Lipinski definition) is 1. The third kappa shape index (κ3) is 8.65. The second-order valence-corrected chi connectivity index (χ2v) is 13.3. The van der Waals surface area contributed by atoms with Crippen LogP contribution in [0.15, 0.2) is 66.9 Å². The van der Waals surface area contributed by atoms with Gasteiger partial charge >= 0.3 is 6.09 Å². The highest BCUT2D eigenvalue weighted by Gasteiger charge is 2.30. The lowest BCUT2D eigenvalue weighted by Crippen LogP contribution is -2.46. The fraction of sp³-hybridized carbons (Fsp3) is 0.444. The SMILES string of the molecule is COCCCn1c([C@@H]2CCCN(C(=O)C[C@@H](Cc3ccc(-c4cccnc4Cl)cc3)NC(=O)OC(C)(C)C)C2)nc2ccccc21. The van der Waals surface area contributed by atoms with Crippen molar-refractivity contribution in [2.75, 3.05) is 26.8 Å². The molecular formula is C36H44ClN5O4. The molecule has 1 saturated heterocycles. The fourth-order valence-corrected chi connectivity index (χ4v) is 6.35. The zero-order chi connectivity index (χ0) is 32.7. The maximum absolute atomic E-state index is 13.9. The first-order valence-electron chi connectivity index (χ1n) is 16.0. The summed E-state index contributed by atoms with van der Waals surface area (Å²) in [5.41, 5.74) is 4.20. The molecule has 1 aliphatic rings. The summed E-state index contributed by atoms with van der Waals surface area (Å²) in [4.78, 5) is 37.9. The van der Waals surface area contributed by atoms with Crippen molar-refractivity contribution in [2.45, 2.75) is 77.0 Å². The first kappa shape index (κ1) is 33.4. The van der Waals surface area contributed by atoms with Crippen LogP contribution in [0.4, 0.5) is 4.79 Å². The standard InChI is InChI=1S/C36H44ClN5O4/c1-36(2,3)46-35(44)39-28(22-25-14-16-26(17-15-25)29-11-7-18-38-33(29)37)23-32(43)41-19-8-10-27(24-41)34-40-30-12-5-6-13-31(30)42(34)20-9-21-45-4/h5-7,11-18,27-28H,8-10,19-24H2,1-4H3,(H,39,44)/t27-,28-/m1/s1. The molecule has 2 atom stereocenters. The molecule has 1 fully saturated rings. The van der Waals surface area contributed by atoms with E-state index in [1.54, 1.807) is 13.3 Å². The van der Waals surface area contributed by atoms with Crippen molar-refractivity contribution in [1.29, 1.82) is 0 Å². The van der Waals surface area contributed by atoms with Crippen LogP contribution < -0.4 is 5.32 Å². The van der Waals surface area contributed by atoms with E-state index in [1.807, 2.05) is 80.3 Å². The van der Waals surface area contributed by atoms with Crippen LogP contribution in [0.2, 0.25) is 5.15 Å². The number of likely N-dealkylation sites (tertiary alicyclic amines) is 1. The Morgan fingerprint density at radius 1 is 1.09 bits per heavy atom. The van der Waals surface area contributed by atoms with Crippen LogP contribution in [0, 0.1) is 0 Å². The minimum Gasteiger partial charge on any atom is -0.444 e. The molecule has 0 bridgehead atoms. The zero-order valence-electron chi connectivity index (χ0n) is 27.2. The molecule has 244 valence electrons. The Kier molecular flexibility index (Phi) is 11.0. The van der Waals surface area contributed by atoms with Gasteiger partial charge in [-0.15, -0.1) is 0 Å². The number of halogens is 1. The van der Waals surface area contributed by atoms with Crippen molar-refractivity contribution >= 4 is 34.6 Å². The summed E-state index contributed by atoms with van der Waals surface area (Å²) in [7, 11) is 1.72. The molecule has 0 spiro atoms. The van der Waals surface area contributed by atoms with Crippen LogP contribution in [0.3, 0.4) is 0 Å². The summed E-state index contributed by atoms with van der Waals surface area (Å²) >= 11 is 6.31. The van der Waals surface area contributed by atoms with E-state index in [-0.39, 0.29) is 18.2 Å². The number of nitrogens with zero attached hydrogens (tertiary/aromatic N) is 4. The number of alkyl carbamates (subject to hydrolysis) is 1. The highest BCUT2D eigenvalue weighted by atomic mass is 35.5. The summed E-state index contributed by atoms with van der Waals surface area (Å²) in [5, 5.41) is 3.42. The molecule has 3 heterocycles. The van der Waals surface area contributed by atoms with Crippen molar-refractivity contribution in [3.05, 3.63) is 83.4 Å². The van der Waals surface area contributed by atoms with E-state index in [0.717, 1.165) is 59.4 Å². The van der Waals surface area contributed by atoms with Gasteiger partial charge in [0, 0.05) is 63.5 Å². The third-order valence-electron chi connectivity index (χ3n) is 8.20. The van der Waals surface area contributed by atoms with Gasteiger partial charge in [-0.2, -0.15) is 0 Å². The van der Waals surface area contributed by atoms with Gasteiger partial charge < -0.3 is 24.3 Å². The average Bonchev–Trinajstić information content (AvgIpc) is 3.39. The van der Waals surface area contributed by atoms with Crippen molar-refractivity contribution in [3.8, 4) is 11.1 Å². The van der Waals surface area contributed by atoms with Crippen LogP contribution in [-0.2, 0) is 27.2 Å². The van der Waals surface area contributed by atoms with Gasteiger partial charge in [0.1, 0.15) is 16.6 Å². The topological polar surface area (TPSA) is 98.6 Å². The number of methoxy groups -OCH3 is 1. The first-order chi connectivity index (χ1) is 22.1. The van der Waals surface area contributed by atoms with Gasteiger partial charge in [-0.05, 0) is 81.8 Å². The Labute approximate surface area is 276 Å². The van der Waals surface area contributed by atoms with E-state index in [2.05, 4.69) is 20.9 Å². The van der Waals surface area contributed by atoms with Gasteiger partial charge in [0.15, 0.2) is 0 Å². The van der Waals surface area contributed by atoms with Crippen molar-refractivity contribution in [3.63, 3.8) is 0 Å². The van der Waals surface area contributed by atoms with Gasteiger partial charge in [0.25, 0.3) is 0 Å². The molecule has 0 unspecified atom stereocenters. The predicted octanol–water partition coefficient (Wildman–Crippen LogP) is 7.02. The monoisotopic (exact) mass is 645 g/mol. The second-order valence-electron chi connectivity index (χ2n) is 12.9. The number of imidazole rings is 1. The van der Waals surface area contributed by atoms with Crippen molar-refractivity contribution in [1.82, 2.24) is 24.8 Å². The zero-order valence-corrected chi connectivity index (χ0v) is 27.9. The van der Waals surface area contributed by atoms with Gasteiger partial charge in [-0.1, -0.05) is 48.0 Å². The Balaban J connectivity index is 1.31. The van der Waals surface area contributed by atoms with E-state index < -0.39 is 17.7 Å². The molecule has 2 aromatic heterocycles. The van der Waals surface area contributed by atoms with E-state index in [1.165, 1.54) is 0 Å². The number of hydrogen-bond acceptors (Lipinski definition) is 6.